The Bertz CT molecular complexity index is 1030. The van der Waals surface area contributed by atoms with E-state index in [1.807, 2.05) is 43.5 Å². The van der Waals surface area contributed by atoms with Crippen LogP contribution in [0.1, 0.15) is 41.7 Å². The molecule has 4 nitrogen and oxygen atoms in total. The number of aromatic amines is 1. The van der Waals surface area contributed by atoms with Crippen molar-refractivity contribution < 1.29 is 4.79 Å². The summed E-state index contributed by atoms with van der Waals surface area (Å²) in [4.78, 5) is 29.3. The Morgan fingerprint density at radius 2 is 1.92 bits per heavy atom. The zero-order valence-corrected chi connectivity index (χ0v) is 15.8. The summed E-state index contributed by atoms with van der Waals surface area (Å²) in [5, 5.41) is 6.15. The van der Waals surface area contributed by atoms with Gasteiger partial charge in [0.25, 0.3) is 5.56 Å². The fraction of sp³-hybridized carbons (Fsp3) is 0.333. The molecule has 0 aliphatic heterocycles. The molecule has 1 saturated carbocycles. The van der Waals surface area contributed by atoms with Crippen molar-refractivity contribution in [2.75, 3.05) is 5.32 Å². The molecule has 1 aromatic carbocycles. The monoisotopic (exact) mass is 366 g/mol. The minimum Gasteiger partial charge on any atom is -0.325 e. The minimum atomic E-state index is -0.417. The van der Waals surface area contributed by atoms with Crippen LogP contribution in [0, 0.1) is 13.8 Å². The maximum absolute atomic E-state index is 13.2. The van der Waals surface area contributed by atoms with Gasteiger partial charge in [0.2, 0.25) is 5.91 Å². The first-order valence-electron chi connectivity index (χ1n) is 9.00. The molecule has 1 amide bonds. The quantitative estimate of drug-likeness (QED) is 0.708. The number of thiophene rings is 1. The van der Waals surface area contributed by atoms with Crippen molar-refractivity contribution in [1.82, 2.24) is 4.98 Å². The van der Waals surface area contributed by atoms with Gasteiger partial charge in [-0.25, -0.2) is 0 Å². The van der Waals surface area contributed by atoms with Crippen LogP contribution >= 0.6 is 11.3 Å². The molecule has 0 spiro atoms. The molecule has 0 radical (unpaired) electrons. The number of anilines is 1. The number of hydrogen-bond donors (Lipinski definition) is 2. The summed E-state index contributed by atoms with van der Waals surface area (Å²) < 4.78 is 0. The number of nitrogens with one attached hydrogen (secondary N) is 2. The molecule has 26 heavy (non-hydrogen) atoms. The Kier molecular flexibility index (Phi) is 4.19. The largest absolute Gasteiger partial charge is 0.325 e. The highest BCUT2D eigenvalue weighted by atomic mass is 32.1. The highest BCUT2D eigenvalue weighted by molar-refractivity contribution is 7.10. The first-order valence-corrected chi connectivity index (χ1v) is 9.88. The van der Waals surface area contributed by atoms with E-state index in [0.29, 0.717) is 0 Å². The second-order valence-electron chi connectivity index (χ2n) is 7.19. The molecule has 3 aromatic rings. The number of benzene rings is 1. The summed E-state index contributed by atoms with van der Waals surface area (Å²) in [7, 11) is 0. The van der Waals surface area contributed by atoms with E-state index in [0.717, 1.165) is 58.3 Å². The number of hydrogen-bond acceptors (Lipinski definition) is 3. The Morgan fingerprint density at radius 1 is 1.15 bits per heavy atom. The number of aryl methyl sites for hydroxylation is 1. The van der Waals surface area contributed by atoms with Gasteiger partial charge in [-0.2, -0.15) is 0 Å². The van der Waals surface area contributed by atoms with E-state index in [2.05, 4.69) is 16.4 Å². The van der Waals surface area contributed by atoms with Gasteiger partial charge in [-0.15, -0.1) is 11.3 Å². The van der Waals surface area contributed by atoms with Crippen LogP contribution in [0.25, 0.3) is 10.9 Å². The molecule has 5 heteroatoms. The molecule has 0 bridgehead atoms. The average Bonchev–Trinajstić information content (AvgIpc) is 3.31. The van der Waals surface area contributed by atoms with E-state index < -0.39 is 5.41 Å². The molecule has 2 heterocycles. The third-order valence-electron chi connectivity index (χ3n) is 5.72. The number of amides is 1. The molecule has 4 rings (SSSR count). The standard InChI is InChI=1S/C21H22N2O2S/c1-13-14(2)19(24)23-17-12-15(7-8-16(13)17)22-20(25)21(9-3-4-10-21)18-6-5-11-26-18/h5-8,11-12H,3-4,9-10H2,1-2H3,(H,22,25)(H,23,24). The highest BCUT2D eigenvalue weighted by Gasteiger charge is 2.43. The normalized spacial score (nSPS) is 16.1. The van der Waals surface area contributed by atoms with Crippen molar-refractivity contribution >= 4 is 33.8 Å². The van der Waals surface area contributed by atoms with Crippen LogP contribution in [0.5, 0.6) is 0 Å². The lowest BCUT2D eigenvalue weighted by molar-refractivity contribution is -0.121. The second-order valence-corrected chi connectivity index (χ2v) is 8.13. The zero-order valence-electron chi connectivity index (χ0n) is 15.0. The first-order chi connectivity index (χ1) is 12.5. The molecular weight excluding hydrogens is 344 g/mol. The van der Waals surface area contributed by atoms with Gasteiger partial charge < -0.3 is 10.3 Å². The fourth-order valence-electron chi connectivity index (χ4n) is 4.01. The number of carbonyl (C=O) groups excluding carboxylic acids is 1. The van der Waals surface area contributed by atoms with E-state index in [1.54, 1.807) is 11.3 Å². The summed E-state index contributed by atoms with van der Waals surface area (Å²) in [5.41, 5.74) is 2.70. The van der Waals surface area contributed by atoms with Gasteiger partial charge in [-0.05, 0) is 55.8 Å². The third kappa shape index (κ3) is 2.67. The van der Waals surface area contributed by atoms with E-state index in [9.17, 15) is 9.59 Å². The predicted molar refractivity (Wildman–Crippen MR) is 107 cm³/mol. The lowest BCUT2D eigenvalue weighted by atomic mass is 9.83. The topological polar surface area (TPSA) is 62.0 Å². The SMILES string of the molecule is Cc1c(C)c2ccc(NC(=O)C3(c4cccs4)CCCC3)cc2[nH]c1=O. The summed E-state index contributed by atoms with van der Waals surface area (Å²) in [6.07, 6.45) is 3.94. The van der Waals surface area contributed by atoms with Gasteiger partial charge in [0.1, 0.15) is 0 Å². The number of rotatable bonds is 3. The molecule has 2 N–H and O–H groups in total. The number of aromatic nitrogens is 1. The maximum atomic E-state index is 13.2. The summed E-state index contributed by atoms with van der Waals surface area (Å²) >= 11 is 1.66. The highest BCUT2D eigenvalue weighted by Crippen LogP contribution is 2.44. The Balaban J connectivity index is 1.69. The van der Waals surface area contributed by atoms with Crippen LogP contribution in [0.15, 0.2) is 40.5 Å². The van der Waals surface area contributed by atoms with Crippen molar-refractivity contribution in [3.63, 3.8) is 0 Å². The first kappa shape index (κ1) is 17.0. The molecular formula is C21H22N2O2S. The van der Waals surface area contributed by atoms with Crippen molar-refractivity contribution in [3.05, 3.63) is 62.1 Å². The second kappa shape index (κ2) is 6.40. The fourth-order valence-corrected chi connectivity index (χ4v) is 4.99. The van der Waals surface area contributed by atoms with Gasteiger partial charge in [-0.1, -0.05) is 25.0 Å². The molecule has 0 saturated heterocycles. The van der Waals surface area contributed by atoms with Crippen LogP contribution in [0.2, 0.25) is 0 Å². The van der Waals surface area contributed by atoms with Gasteiger partial charge in [-0.3, -0.25) is 9.59 Å². The molecule has 134 valence electrons. The number of carbonyl (C=O) groups is 1. The number of pyridine rings is 1. The number of fused-ring (bicyclic) bond motifs is 1. The summed E-state index contributed by atoms with van der Waals surface area (Å²) in [5.74, 6) is 0.0583. The lowest BCUT2D eigenvalue weighted by Gasteiger charge is -2.26. The Morgan fingerprint density at radius 3 is 2.62 bits per heavy atom. The lowest BCUT2D eigenvalue weighted by Crippen LogP contribution is -2.37. The van der Waals surface area contributed by atoms with E-state index >= 15 is 0 Å². The average molecular weight is 366 g/mol. The van der Waals surface area contributed by atoms with Crippen LogP contribution in [-0.2, 0) is 10.2 Å². The Hall–Kier alpha value is -2.40. The maximum Gasteiger partial charge on any atom is 0.251 e. The molecule has 1 aliphatic carbocycles. The molecule has 0 atom stereocenters. The van der Waals surface area contributed by atoms with Crippen molar-refractivity contribution in [2.45, 2.75) is 44.9 Å². The minimum absolute atomic E-state index is 0.0583. The predicted octanol–water partition coefficient (Wildman–Crippen LogP) is 4.66. The summed E-state index contributed by atoms with van der Waals surface area (Å²) in [6.45, 7) is 3.78. The Labute approximate surface area is 156 Å². The van der Waals surface area contributed by atoms with Crippen molar-refractivity contribution in [2.24, 2.45) is 0 Å². The van der Waals surface area contributed by atoms with Gasteiger partial charge >= 0.3 is 0 Å². The molecule has 1 fully saturated rings. The van der Waals surface area contributed by atoms with Crippen molar-refractivity contribution in [1.29, 1.82) is 0 Å². The molecule has 2 aromatic heterocycles. The van der Waals surface area contributed by atoms with Gasteiger partial charge in [0.15, 0.2) is 0 Å². The van der Waals surface area contributed by atoms with Gasteiger partial charge in [0, 0.05) is 21.5 Å². The molecule has 0 unspecified atom stereocenters. The zero-order chi connectivity index (χ0) is 18.3. The van der Waals surface area contributed by atoms with Crippen LogP contribution in [0.4, 0.5) is 5.69 Å². The molecule has 1 aliphatic rings. The van der Waals surface area contributed by atoms with E-state index in [4.69, 9.17) is 0 Å². The smallest absolute Gasteiger partial charge is 0.251 e. The van der Waals surface area contributed by atoms with Gasteiger partial charge in [0.05, 0.1) is 10.9 Å². The summed E-state index contributed by atoms with van der Waals surface area (Å²) in [6, 6.07) is 9.83. The van der Waals surface area contributed by atoms with Crippen LogP contribution in [0.3, 0.4) is 0 Å². The van der Waals surface area contributed by atoms with E-state index in [1.165, 1.54) is 0 Å². The van der Waals surface area contributed by atoms with E-state index in [-0.39, 0.29) is 11.5 Å². The van der Waals surface area contributed by atoms with Crippen molar-refractivity contribution in [3.8, 4) is 0 Å². The number of H-pyrrole nitrogens is 1. The van der Waals surface area contributed by atoms with Crippen LogP contribution < -0.4 is 10.9 Å². The third-order valence-corrected chi connectivity index (χ3v) is 6.79. The van der Waals surface area contributed by atoms with Crippen LogP contribution in [-0.4, -0.2) is 10.9 Å².